The molecule has 0 saturated carbocycles. The summed E-state index contributed by atoms with van der Waals surface area (Å²) in [6.07, 6.45) is 1.33. The molecule has 0 atom stereocenters. The molecular formula is C13H11FN2O2. The van der Waals surface area contributed by atoms with Gasteiger partial charge in [0.05, 0.1) is 5.56 Å². The highest BCUT2D eigenvalue weighted by molar-refractivity contribution is 6.05. The number of anilines is 1. The van der Waals surface area contributed by atoms with Gasteiger partial charge in [0.2, 0.25) is 5.56 Å². The Kier molecular flexibility index (Phi) is 3.23. The summed E-state index contributed by atoms with van der Waals surface area (Å²) in [5, 5.41) is 0. The smallest absolute Gasteiger partial charge is 0.259 e. The van der Waals surface area contributed by atoms with Gasteiger partial charge in [-0.05, 0) is 24.3 Å². The first-order chi connectivity index (χ1) is 8.58. The highest BCUT2D eigenvalue weighted by Gasteiger charge is 2.13. The molecular weight excluding hydrogens is 235 g/mol. The van der Waals surface area contributed by atoms with Gasteiger partial charge in [-0.3, -0.25) is 9.59 Å². The normalized spacial score (nSPS) is 10.1. The second-order valence-electron chi connectivity index (χ2n) is 3.79. The van der Waals surface area contributed by atoms with E-state index in [9.17, 15) is 14.0 Å². The molecule has 2 aromatic rings. The van der Waals surface area contributed by atoms with Crippen molar-refractivity contribution in [2.45, 2.75) is 0 Å². The maximum atomic E-state index is 13.1. The van der Waals surface area contributed by atoms with Crippen LogP contribution >= 0.6 is 0 Å². The van der Waals surface area contributed by atoms with Gasteiger partial charge < -0.3 is 9.88 Å². The van der Waals surface area contributed by atoms with E-state index in [1.807, 2.05) is 0 Å². The van der Waals surface area contributed by atoms with E-state index in [4.69, 9.17) is 0 Å². The fraction of sp³-hybridized carbons (Fsp3) is 0.0769. The summed E-state index contributed by atoms with van der Waals surface area (Å²) in [7, 11) is 1.54. The standard InChI is InChI=1S/C13H11FN2O2/c1-16(11-4-2-3-10(14)7-11)13(18)9-5-6-12(17)15-8-9/h2-8H,1H3,(H,15,17). The van der Waals surface area contributed by atoms with E-state index in [0.29, 0.717) is 11.3 Å². The monoisotopic (exact) mass is 246 g/mol. The van der Waals surface area contributed by atoms with Crippen LogP contribution in [0.2, 0.25) is 0 Å². The first-order valence-electron chi connectivity index (χ1n) is 5.30. The van der Waals surface area contributed by atoms with Crippen LogP contribution in [0.4, 0.5) is 10.1 Å². The number of hydrogen-bond acceptors (Lipinski definition) is 2. The molecule has 0 fully saturated rings. The molecule has 0 bridgehead atoms. The molecule has 1 amide bonds. The number of hydrogen-bond donors (Lipinski definition) is 1. The number of pyridine rings is 1. The zero-order chi connectivity index (χ0) is 13.1. The third kappa shape index (κ3) is 2.45. The van der Waals surface area contributed by atoms with Gasteiger partial charge in [-0.1, -0.05) is 6.07 Å². The molecule has 0 radical (unpaired) electrons. The van der Waals surface area contributed by atoms with Crippen molar-refractivity contribution in [1.82, 2.24) is 4.98 Å². The lowest BCUT2D eigenvalue weighted by atomic mass is 10.2. The Balaban J connectivity index is 2.29. The number of halogens is 1. The maximum absolute atomic E-state index is 13.1. The summed E-state index contributed by atoms with van der Waals surface area (Å²) in [4.78, 5) is 26.7. The number of H-pyrrole nitrogens is 1. The van der Waals surface area contributed by atoms with E-state index in [0.717, 1.165) is 0 Å². The summed E-state index contributed by atoms with van der Waals surface area (Å²) < 4.78 is 13.1. The van der Waals surface area contributed by atoms with E-state index >= 15 is 0 Å². The molecule has 0 saturated heterocycles. The Bertz CT molecular complexity index is 616. The van der Waals surface area contributed by atoms with Gasteiger partial charge in [0.15, 0.2) is 0 Å². The number of nitrogens with one attached hydrogen (secondary N) is 1. The zero-order valence-electron chi connectivity index (χ0n) is 9.68. The van der Waals surface area contributed by atoms with Gasteiger partial charge in [0.1, 0.15) is 5.82 Å². The first-order valence-corrected chi connectivity index (χ1v) is 5.30. The summed E-state index contributed by atoms with van der Waals surface area (Å²) in [5.41, 5.74) is 0.507. The molecule has 1 heterocycles. The number of aromatic nitrogens is 1. The van der Waals surface area contributed by atoms with Crippen molar-refractivity contribution in [3.63, 3.8) is 0 Å². The zero-order valence-corrected chi connectivity index (χ0v) is 9.68. The van der Waals surface area contributed by atoms with Gasteiger partial charge in [0.25, 0.3) is 5.91 Å². The second-order valence-corrected chi connectivity index (χ2v) is 3.79. The van der Waals surface area contributed by atoms with Crippen LogP contribution in [-0.4, -0.2) is 17.9 Å². The van der Waals surface area contributed by atoms with Crippen LogP contribution < -0.4 is 10.5 Å². The molecule has 5 heteroatoms. The predicted octanol–water partition coefficient (Wildman–Crippen LogP) is 1.79. The van der Waals surface area contributed by atoms with Crippen molar-refractivity contribution in [3.8, 4) is 0 Å². The molecule has 2 rings (SSSR count). The minimum atomic E-state index is -0.409. The highest BCUT2D eigenvalue weighted by Crippen LogP contribution is 2.15. The summed E-state index contributed by atoms with van der Waals surface area (Å²) >= 11 is 0. The Hall–Kier alpha value is -2.43. The minimum Gasteiger partial charge on any atom is -0.328 e. The fourth-order valence-electron chi connectivity index (χ4n) is 1.54. The van der Waals surface area contributed by atoms with E-state index in [1.165, 1.54) is 41.4 Å². The Morgan fingerprint density at radius 2 is 2.06 bits per heavy atom. The van der Waals surface area contributed by atoms with Crippen LogP contribution in [0.1, 0.15) is 10.4 Å². The Morgan fingerprint density at radius 1 is 1.28 bits per heavy atom. The molecule has 0 aliphatic rings. The lowest BCUT2D eigenvalue weighted by Gasteiger charge is -2.17. The molecule has 1 aromatic heterocycles. The number of nitrogens with zero attached hydrogens (tertiary/aromatic N) is 1. The molecule has 18 heavy (non-hydrogen) atoms. The SMILES string of the molecule is CN(C(=O)c1ccc(=O)[nH]c1)c1cccc(F)c1. The number of amides is 1. The van der Waals surface area contributed by atoms with Crippen molar-refractivity contribution in [3.05, 3.63) is 64.3 Å². The molecule has 0 unspecified atom stereocenters. The average Bonchev–Trinajstić information content (AvgIpc) is 2.38. The average molecular weight is 246 g/mol. The largest absolute Gasteiger partial charge is 0.328 e. The molecule has 4 nitrogen and oxygen atoms in total. The summed E-state index contributed by atoms with van der Waals surface area (Å²) in [6, 6.07) is 8.43. The predicted molar refractivity (Wildman–Crippen MR) is 66.2 cm³/mol. The van der Waals surface area contributed by atoms with Gasteiger partial charge in [0, 0.05) is 25.0 Å². The molecule has 0 aliphatic heterocycles. The first kappa shape index (κ1) is 12.0. The Labute approximate surface area is 103 Å². The number of rotatable bonds is 2. The topological polar surface area (TPSA) is 53.2 Å². The minimum absolute atomic E-state index is 0.278. The number of carbonyl (C=O) groups is 1. The van der Waals surface area contributed by atoms with Crippen LogP contribution in [0, 0.1) is 5.82 Å². The van der Waals surface area contributed by atoms with E-state index < -0.39 is 5.82 Å². The summed E-state index contributed by atoms with van der Waals surface area (Å²) in [6.45, 7) is 0. The van der Waals surface area contributed by atoms with Crippen molar-refractivity contribution in [2.75, 3.05) is 11.9 Å². The van der Waals surface area contributed by atoms with Crippen LogP contribution in [0.5, 0.6) is 0 Å². The fourth-order valence-corrected chi connectivity index (χ4v) is 1.54. The third-order valence-electron chi connectivity index (χ3n) is 2.53. The maximum Gasteiger partial charge on any atom is 0.259 e. The molecule has 0 aliphatic carbocycles. The van der Waals surface area contributed by atoms with Crippen LogP contribution in [0.15, 0.2) is 47.4 Å². The van der Waals surface area contributed by atoms with Crippen molar-refractivity contribution in [2.24, 2.45) is 0 Å². The van der Waals surface area contributed by atoms with E-state index in [-0.39, 0.29) is 11.5 Å². The molecule has 92 valence electrons. The second kappa shape index (κ2) is 4.83. The molecule has 0 spiro atoms. The van der Waals surface area contributed by atoms with Crippen LogP contribution in [0.3, 0.4) is 0 Å². The van der Waals surface area contributed by atoms with Crippen molar-refractivity contribution < 1.29 is 9.18 Å². The van der Waals surface area contributed by atoms with Crippen molar-refractivity contribution >= 4 is 11.6 Å². The van der Waals surface area contributed by atoms with Crippen LogP contribution in [0.25, 0.3) is 0 Å². The van der Waals surface area contributed by atoms with Gasteiger partial charge in [-0.2, -0.15) is 0 Å². The number of benzene rings is 1. The van der Waals surface area contributed by atoms with E-state index in [1.54, 1.807) is 13.1 Å². The quantitative estimate of drug-likeness (QED) is 0.878. The van der Waals surface area contributed by atoms with Gasteiger partial charge in [-0.15, -0.1) is 0 Å². The number of carbonyl (C=O) groups excluding carboxylic acids is 1. The van der Waals surface area contributed by atoms with Crippen molar-refractivity contribution in [1.29, 1.82) is 0 Å². The third-order valence-corrected chi connectivity index (χ3v) is 2.53. The Morgan fingerprint density at radius 3 is 2.67 bits per heavy atom. The number of aromatic amines is 1. The van der Waals surface area contributed by atoms with Gasteiger partial charge in [-0.25, -0.2) is 4.39 Å². The van der Waals surface area contributed by atoms with Gasteiger partial charge >= 0.3 is 0 Å². The molecule has 1 N–H and O–H groups in total. The summed E-state index contributed by atoms with van der Waals surface area (Å²) in [5.74, 6) is -0.731. The lowest BCUT2D eigenvalue weighted by Crippen LogP contribution is -2.26. The van der Waals surface area contributed by atoms with E-state index in [2.05, 4.69) is 4.98 Å². The molecule has 1 aromatic carbocycles. The highest BCUT2D eigenvalue weighted by atomic mass is 19.1. The lowest BCUT2D eigenvalue weighted by molar-refractivity contribution is 0.0992. The van der Waals surface area contributed by atoms with Crippen LogP contribution in [-0.2, 0) is 0 Å².